The largest absolute Gasteiger partial charge is 0.393 e. The molecule has 1 N–H and O–H groups in total. The van der Waals surface area contributed by atoms with Crippen LogP contribution in [0.25, 0.3) is 0 Å². The Labute approximate surface area is 82.5 Å². The van der Waals surface area contributed by atoms with E-state index in [1.165, 1.54) is 32.1 Å². The molecule has 0 aromatic carbocycles. The van der Waals surface area contributed by atoms with Crippen LogP contribution in [0.3, 0.4) is 0 Å². The number of aliphatic hydroxyl groups is 1. The van der Waals surface area contributed by atoms with E-state index >= 15 is 0 Å². The third kappa shape index (κ3) is 2.98. The summed E-state index contributed by atoms with van der Waals surface area (Å²) >= 11 is 0. The minimum absolute atomic E-state index is 0.0364. The van der Waals surface area contributed by atoms with Gasteiger partial charge in [0.1, 0.15) is 0 Å². The highest BCUT2D eigenvalue weighted by atomic mass is 16.3. The summed E-state index contributed by atoms with van der Waals surface area (Å²) in [5, 5.41) is 9.45. The number of hydrogen-bond donors (Lipinski definition) is 1. The molecule has 0 saturated heterocycles. The van der Waals surface area contributed by atoms with Crippen molar-refractivity contribution in [3.63, 3.8) is 0 Å². The molecule has 1 heteroatoms. The Balaban J connectivity index is 0.000000396. The van der Waals surface area contributed by atoms with Crippen LogP contribution in [-0.2, 0) is 0 Å². The van der Waals surface area contributed by atoms with Gasteiger partial charge in [-0.1, -0.05) is 39.5 Å². The van der Waals surface area contributed by atoms with Crippen molar-refractivity contribution in [2.75, 3.05) is 0 Å². The average molecular weight is 184 g/mol. The number of fused-ring (bicyclic) bond motifs is 1. The number of rotatable bonds is 0. The van der Waals surface area contributed by atoms with Crippen LogP contribution in [0, 0.1) is 11.8 Å². The maximum Gasteiger partial charge on any atom is 0.0543 e. The predicted molar refractivity (Wildman–Crippen MR) is 56.7 cm³/mol. The van der Waals surface area contributed by atoms with Crippen LogP contribution in [0.1, 0.15) is 58.8 Å². The van der Waals surface area contributed by atoms with Gasteiger partial charge in [-0.25, -0.2) is 0 Å². The Morgan fingerprint density at radius 2 is 1.46 bits per heavy atom. The zero-order valence-corrected chi connectivity index (χ0v) is 9.13. The monoisotopic (exact) mass is 184 g/mol. The molecule has 0 aromatic heterocycles. The van der Waals surface area contributed by atoms with Gasteiger partial charge < -0.3 is 5.11 Å². The first kappa shape index (κ1) is 11.0. The van der Waals surface area contributed by atoms with Gasteiger partial charge in [0.25, 0.3) is 0 Å². The molecule has 2 fully saturated rings. The molecule has 1 nitrogen and oxygen atoms in total. The second kappa shape index (κ2) is 5.64. The van der Waals surface area contributed by atoms with Crippen LogP contribution < -0.4 is 0 Å². The van der Waals surface area contributed by atoms with E-state index in [0.717, 1.165) is 24.7 Å². The molecule has 2 aliphatic rings. The molecular weight excluding hydrogens is 160 g/mol. The van der Waals surface area contributed by atoms with Gasteiger partial charge in [-0.05, 0) is 31.1 Å². The summed E-state index contributed by atoms with van der Waals surface area (Å²) in [5.74, 6) is 1.86. The van der Waals surface area contributed by atoms with Crippen molar-refractivity contribution in [1.82, 2.24) is 0 Å². The Hall–Kier alpha value is -0.0400. The Bertz CT molecular complexity index is 133. The molecule has 13 heavy (non-hydrogen) atoms. The first-order valence-corrected chi connectivity index (χ1v) is 6.04. The topological polar surface area (TPSA) is 20.2 Å². The summed E-state index contributed by atoms with van der Waals surface area (Å²) in [6.07, 6.45) is 9.19. The van der Waals surface area contributed by atoms with Crippen molar-refractivity contribution in [3.05, 3.63) is 0 Å². The fourth-order valence-electron chi connectivity index (χ4n) is 2.85. The SMILES string of the molecule is CC.OC1CCC2CCCCC2C1. The smallest absolute Gasteiger partial charge is 0.0543 e. The highest BCUT2D eigenvalue weighted by Crippen LogP contribution is 2.40. The molecular formula is C12H24O. The fraction of sp³-hybridized carbons (Fsp3) is 1.00. The summed E-state index contributed by atoms with van der Waals surface area (Å²) in [6.45, 7) is 4.00. The number of aliphatic hydroxyl groups excluding tert-OH is 1. The summed E-state index contributed by atoms with van der Waals surface area (Å²) in [7, 11) is 0. The third-order valence-corrected chi connectivity index (χ3v) is 3.51. The molecule has 2 rings (SSSR count). The molecule has 3 unspecified atom stereocenters. The van der Waals surface area contributed by atoms with Crippen molar-refractivity contribution in [3.8, 4) is 0 Å². The van der Waals surface area contributed by atoms with E-state index in [-0.39, 0.29) is 6.10 Å². The normalized spacial score (nSPS) is 38.5. The van der Waals surface area contributed by atoms with Gasteiger partial charge in [0.2, 0.25) is 0 Å². The molecule has 0 bridgehead atoms. The van der Waals surface area contributed by atoms with E-state index in [1.807, 2.05) is 13.8 Å². The van der Waals surface area contributed by atoms with Crippen LogP contribution >= 0.6 is 0 Å². The maximum atomic E-state index is 9.45. The summed E-state index contributed by atoms with van der Waals surface area (Å²) in [6, 6.07) is 0. The standard InChI is InChI=1S/C10H18O.C2H6/c11-10-6-5-8-3-1-2-4-9(8)7-10;1-2/h8-11H,1-7H2;1-2H3. The van der Waals surface area contributed by atoms with Crippen molar-refractivity contribution in [2.45, 2.75) is 64.9 Å². The second-order valence-corrected chi connectivity index (χ2v) is 4.27. The zero-order valence-electron chi connectivity index (χ0n) is 9.13. The molecule has 0 aromatic rings. The third-order valence-electron chi connectivity index (χ3n) is 3.51. The van der Waals surface area contributed by atoms with Gasteiger partial charge in [0.05, 0.1) is 6.10 Å². The van der Waals surface area contributed by atoms with Crippen molar-refractivity contribution < 1.29 is 5.11 Å². The first-order chi connectivity index (χ1) is 6.36. The van der Waals surface area contributed by atoms with Gasteiger partial charge in [-0.15, -0.1) is 0 Å². The van der Waals surface area contributed by atoms with E-state index in [2.05, 4.69) is 0 Å². The van der Waals surface area contributed by atoms with E-state index in [0.29, 0.717) is 0 Å². The minimum atomic E-state index is 0.0364. The summed E-state index contributed by atoms with van der Waals surface area (Å²) in [5.41, 5.74) is 0. The lowest BCUT2D eigenvalue weighted by molar-refractivity contribution is 0.0491. The van der Waals surface area contributed by atoms with Gasteiger partial charge in [0, 0.05) is 0 Å². The highest BCUT2D eigenvalue weighted by Gasteiger charge is 2.30. The molecule has 2 saturated carbocycles. The molecule has 0 amide bonds. The minimum Gasteiger partial charge on any atom is -0.393 e. The van der Waals surface area contributed by atoms with Crippen LogP contribution in [0.2, 0.25) is 0 Å². The molecule has 3 atom stereocenters. The molecule has 2 aliphatic carbocycles. The predicted octanol–water partition coefficient (Wildman–Crippen LogP) is 3.36. The van der Waals surface area contributed by atoms with Crippen LogP contribution in [0.4, 0.5) is 0 Å². The fourth-order valence-corrected chi connectivity index (χ4v) is 2.85. The zero-order chi connectivity index (χ0) is 9.68. The quantitative estimate of drug-likeness (QED) is 0.612. The van der Waals surface area contributed by atoms with Crippen LogP contribution in [0.5, 0.6) is 0 Å². The Morgan fingerprint density at radius 3 is 2.15 bits per heavy atom. The van der Waals surface area contributed by atoms with Crippen LogP contribution in [0.15, 0.2) is 0 Å². The first-order valence-electron chi connectivity index (χ1n) is 6.04. The highest BCUT2D eigenvalue weighted by molar-refractivity contribution is 4.82. The maximum absolute atomic E-state index is 9.45. The molecule has 0 heterocycles. The second-order valence-electron chi connectivity index (χ2n) is 4.27. The van der Waals surface area contributed by atoms with Crippen molar-refractivity contribution in [1.29, 1.82) is 0 Å². The van der Waals surface area contributed by atoms with E-state index < -0.39 is 0 Å². The van der Waals surface area contributed by atoms with Crippen LogP contribution in [-0.4, -0.2) is 11.2 Å². The molecule has 0 radical (unpaired) electrons. The molecule has 0 spiro atoms. The van der Waals surface area contributed by atoms with Gasteiger partial charge >= 0.3 is 0 Å². The van der Waals surface area contributed by atoms with Crippen molar-refractivity contribution in [2.24, 2.45) is 11.8 Å². The van der Waals surface area contributed by atoms with Gasteiger partial charge in [-0.2, -0.15) is 0 Å². The van der Waals surface area contributed by atoms with E-state index in [1.54, 1.807) is 0 Å². The number of hydrogen-bond acceptors (Lipinski definition) is 1. The lowest BCUT2D eigenvalue weighted by Crippen LogP contribution is -2.29. The van der Waals surface area contributed by atoms with Gasteiger partial charge in [0.15, 0.2) is 0 Å². The Morgan fingerprint density at radius 1 is 0.846 bits per heavy atom. The summed E-state index contributed by atoms with van der Waals surface area (Å²) < 4.78 is 0. The lowest BCUT2D eigenvalue weighted by Gasteiger charge is -2.37. The van der Waals surface area contributed by atoms with Gasteiger partial charge in [-0.3, -0.25) is 0 Å². The summed E-state index contributed by atoms with van der Waals surface area (Å²) in [4.78, 5) is 0. The molecule has 78 valence electrons. The lowest BCUT2D eigenvalue weighted by atomic mass is 9.70. The molecule has 0 aliphatic heterocycles. The van der Waals surface area contributed by atoms with E-state index in [4.69, 9.17) is 0 Å². The Kier molecular flexibility index (Phi) is 4.79. The average Bonchev–Trinajstić information content (AvgIpc) is 2.21. The van der Waals surface area contributed by atoms with E-state index in [9.17, 15) is 5.11 Å². The van der Waals surface area contributed by atoms with Crippen molar-refractivity contribution >= 4 is 0 Å².